The number of amides is 1. The summed E-state index contributed by atoms with van der Waals surface area (Å²) in [5.41, 5.74) is 2.80. The van der Waals surface area contributed by atoms with Crippen LogP contribution in [0, 0.1) is 0 Å². The van der Waals surface area contributed by atoms with Crippen molar-refractivity contribution in [2.45, 2.75) is 33.4 Å². The lowest BCUT2D eigenvalue weighted by atomic mass is 9.94. The molecule has 3 aromatic carbocycles. The maximum absolute atomic E-state index is 13.6. The number of carbonyl (C=O) groups is 2. The third-order valence-electron chi connectivity index (χ3n) is 6.65. The second-order valence-electron chi connectivity index (χ2n) is 9.52. The van der Waals surface area contributed by atoms with E-state index in [1.54, 1.807) is 18.2 Å². The fourth-order valence-corrected chi connectivity index (χ4v) is 4.82. The number of aliphatic hydroxyl groups excluding tert-OH is 1. The first-order chi connectivity index (χ1) is 19.3. The van der Waals surface area contributed by atoms with E-state index in [4.69, 9.17) is 14.2 Å². The predicted octanol–water partition coefficient (Wildman–Crippen LogP) is 5.57. The number of carbonyl (C=O) groups excluding carboxylic acids is 2. The van der Waals surface area contributed by atoms with Gasteiger partial charge in [-0.15, -0.1) is 0 Å². The van der Waals surface area contributed by atoms with Gasteiger partial charge < -0.3 is 29.1 Å². The second kappa shape index (κ2) is 12.6. The van der Waals surface area contributed by atoms with Crippen LogP contribution >= 0.6 is 0 Å². The van der Waals surface area contributed by atoms with Gasteiger partial charge in [-0.25, -0.2) is 0 Å². The summed E-state index contributed by atoms with van der Waals surface area (Å²) in [6.07, 6.45) is 0. The molecule has 1 heterocycles. The van der Waals surface area contributed by atoms with E-state index in [0.717, 1.165) is 11.3 Å². The number of benzene rings is 3. The molecule has 0 aromatic heterocycles. The molecule has 4 rings (SSSR count). The van der Waals surface area contributed by atoms with Gasteiger partial charge in [0.1, 0.15) is 23.0 Å². The minimum absolute atomic E-state index is 0.00804. The van der Waals surface area contributed by atoms with Gasteiger partial charge in [0.05, 0.1) is 37.0 Å². The third kappa shape index (κ3) is 5.91. The fourth-order valence-electron chi connectivity index (χ4n) is 4.82. The molecule has 210 valence electrons. The van der Waals surface area contributed by atoms with Gasteiger partial charge in [-0.05, 0) is 68.3 Å². The topological polar surface area (TPSA) is 88.5 Å². The predicted molar refractivity (Wildman–Crippen MR) is 155 cm³/mol. The molecular weight excluding hydrogens is 508 g/mol. The molecule has 8 nitrogen and oxygen atoms in total. The molecule has 1 amide bonds. The van der Waals surface area contributed by atoms with Gasteiger partial charge in [0.25, 0.3) is 11.7 Å². The molecule has 8 heteroatoms. The molecule has 1 saturated heterocycles. The number of aliphatic hydroxyl groups is 1. The molecule has 1 aliphatic heterocycles. The minimum atomic E-state index is -0.812. The number of nitrogens with zero attached hydrogens (tertiary/aromatic N) is 2. The maximum Gasteiger partial charge on any atom is 0.295 e. The SMILES string of the molecule is CCOc1cccc(CN2C(=O)C(=O)/C(=C(\O)c3ccc(OCC)cc3OCC)C2c2ccc(N(C)C)cc2)c1. The van der Waals surface area contributed by atoms with Crippen LogP contribution in [0.5, 0.6) is 17.2 Å². The van der Waals surface area contributed by atoms with E-state index in [1.807, 2.05) is 88.3 Å². The highest BCUT2D eigenvalue weighted by atomic mass is 16.5. The molecule has 40 heavy (non-hydrogen) atoms. The van der Waals surface area contributed by atoms with Crippen LogP contribution in [0.1, 0.15) is 43.5 Å². The smallest absolute Gasteiger partial charge is 0.295 e. The highest BCUT2D eigenvalue weighted by Crippen LogP contribution is 2.42. The fraction of sp³-hybridized carbons (Fsp3) is 0.312. The maximum atomic E-state index is 13.6. The van der Waals surface area contributed by atoms with Crippen LogP contribution in [0.4, 0.5) is 5.69 Å². The van der Waals surface area contributed by atoms with Crippen LogP contribution in [0.3, 0.4) is 0 Å². The Labute approximate surface area is 235 Å². The summed E-state index contributed by atoms with van der Waals surface area (Å²) in [5, 5.41) is 11.6. The van der Waals surface area contributed by atoms with E-state index in [9.17, 15) is 14.7 Å². The summed E-state index contributed by atoms with van der Waals surface area (Å²) in [6.45, 7) is 7.09. The van der Waals surface area contributed by atoms with Crippen molar-refractivity contribution in [1.29, 1.82) is 0 Å². The Kier molecular flexibility index (Phi) is 8.99. The van der Waals surface area contributed by atoms with E-state index in [1.165, 1.54) is 4.90 Å². The Bertz CT molecular complexity index is 1400. The Balaban J connectivity index is 1.86. The summed E-state index contributed by atoms with van der Waals surface area (Å²) < 4.78 is 17.0. The van der Waals surface area contributed by atoms with Gasteiger partial charge in [-0.1, -0.05) is 24.3 Å². The lowest BCUT2D eigenvalue weighted by molar-refractivity contribution is -0.140. The van der Waals surface area contributed by atoms with Crippen molar-refractivity contribution in [2.75, 3.05) is 38.8 Å². The van der Waals surface area contributed by atoms with Crippen molar-refractivity contribution in [3.8, 4) is 17.2 Å². The van der Waals surface area contributed by atoms with Crippen molar-refractivity contribution in [3.63, 3.8) is 0 Å². The number of anilines is 1. The summed E-state index contributed by atoms with van der Waals surface area (Å²) in [7, 11) is 3.88. The van der Waals surface area contributed by atoms with Crippen molar-refractivity contribution in [2.24, 2.45) is 0 Å². The zero-order valence-electron chi connectivity index (χ0n) is 23.6. The number of ketones is 1. The van der Waals surface area contributed by atoms with Crippen LogP contribution in [-0.4, -0.2) is 55.6 Å². The van der Waals surface area contributed by atoms with Gasteiger partial charge in [-0.2, -0.15) is 0 Å². The normalized spacial score (nSPS) is 16.2. The largest absolute Gasteiger partial charge is 0.507 e. The lowest BCUT2D eigenvalue weighted by Gasteiger charge is -2.26. The number of rotatable bonds is 11. The summed E-state index contributed by atoms with van der Waals surface area (Å²) in [6, 6.07) is 19.3. The van der Waals surface area contributed by atoms with Gasteiger partial charge in [0, 0.05) is 32.4 Å². The summed E-state index contributed by atoms with van der Waals surface area (Å²) in [4.78, 5) is 30.6. The molecule has 0 spiro atoms. The van der Waals surface area contributed by atoms with Crippen molar-refractivity contribution in [3.05, 3.63) is 89.0 Å². The van der Waals surface area contributed by atoms with Crippen LogP contribution in [0.2, 0.25) is 0 Å². The molecule has 0 aliphatic carbocycles. The number of hydrogen-bond acceptors (Lipinski definition) is 7. The van der Waals surface area contributed by atoms with Crippen molar-refractivity contribution in [1.82, 2.24) is 4.90 Å². The van der Waals surface area contributed by atoms with Crippen molar-refractivity contribution >= 4 is 23.1 Å². The zero-order valence-corrected chi connectivity index (χ0v) is 23.6. The van der Waals surface area contributed by atoms with E-state index in [0.29, 0.717) is 48.2 Å². The molecule has 1 fully saturated rings. The van der Waals surface area contributed by atoms with Crippen LogP contribution in [0.25, 0.3) is 5.76 Å². The number of hydrogen-bond donors (Lipinski definition) is 1. The zero-order chi connectivity index (χ0) is 28.8. The number of likely N-dealkylation sites (tertiary alicyclic amines) is 1. The standard InChI is InChI=1S/C32H36N2O6/c1-6-38-24-11-9-10-21(18-24)20-34-29(22-12-14-23(15-13-22)33(4)5)28(31(36)32(34)37)30(35)26-17-16-25(39-7-2)19-27(26)40-8-3/h9-19,29,35H,6-8,20H2,1-5H3/b30-28-. The van der Waals surface area contributed by atoms with Gasteiger partial charge in [-0.3, -0.25) is 9.59 Å². The van der Waals surface area contributed by atoms with Crippen LogP contribution in [-0.2, 0) is 16.1 Å². The Morgan fingerprint density at radius 3 is 2.12 bits per heavy atom. The first kappa shape index (κ1) is 28.5. The molecule has 1 unspecified atom stereocenters. The monoisotopic (exact) mass is 544 g/mol. The molecule has 0 saturated carbocycles. The first-order valence-electron chi connectivity index (χ1n) is 13.5. The molecule has 3 aromatic rings. The summed E-state index contributed by atoms with van der Waals surface area (Å²) >= 11 is 0. The van der Waals surface area contributed by atoms with E-state index in [2.05, 4.69) is 0 Å². The second-order valence-corrected chi connectivity index (χ2v) is 9.52. The van der Waals surface area contributed by atoms with Gasteiger partial charge >= 0.3 is 0 Å². The highest BCUT2D eigenvalue weighted by molar-refractivity contribution is 6.46. The van der Waals surface area contributed by atoms with Crippen LogP contribution in [0.15, 0.2) is 72.3 Å². The minimum Gasteiger partial charge on any atom is -0.507 e. The Morgan fingerprint density at radius 1 is 0.850 bits per heavy atom. The number of ether oxygens (including phenoxy) is 3. The molecular formula is C32H36N2O6. The van der Waals surface area contributed by atoms with Crippen molar-refractivity contribution < 1.29 is 28.9 Å². The molecule has 0 radical (unpaired) electrons. The molecule has 0 bridgehead atoms. The van der Waals surface area contributed by atoms with E-state index >= 15 is 0 Å². The Morgan fingerprint density at radius 2 is 1.50 bits per heavy atom. The molecule has 1 aliphatic rings. The van der Waals surface area contributed by atoms with Crippen LogP contribution < -0.4 is 19.1 Å². The first-order valence-corrected chi connectivity index (χ1v) is 13.5. The third-order valence-corrected chi connectivity index (χ3v) is 6.65. The number of Topliss-reactive ketones (excluding diaryl/α,β-unsaturated/α-hetero) is 1. The highest BCUT2D eigenvalue weighted by Gasteiger charge is 2.46. The average Bonchev–Trinajstić information content (AvgIpc) is 3.18. The van der Waals surface area contributed by atoms with Gasteiger partial charge in [0.15, 0.2) is 0 Å². The van der Waals surface area contributed by atoms with E-state index < -0.39 is 17.7 Å². The molecule has 1 atom stereocenters. The quantitative estimate of drug-likeness (QED) is 0.192. The molecule has 1 N–H and O–H groups in total. The summed E-state index contributed by atoms with van der Waals surface area (Å²) in [5.74, 6) is -0.113. The average molecular weight is 545 g/mol. The van der Waals surface area contributed by atoms with Gasteiger partial charge in [0.2, 0.25) is 0 Å². The lowest BCUT2D eigenvalue weighted by Crippen LogP contribution is -2.29. The Hall–Kier alpha value is -4.46. The van der Waals surface area contributed by atoms with E-state index in [-0.39, 0.29) is 17.9 Å².